The van der Waals surface area contributed by atoms with Gasteiger partial charge in [0.05, 0.1) is 17.2 Å². The summed E-state index contributed by atoms with van der Waals surface area (Å²) in [6, 6.07) is 5.00. The Kier molecular flexibility index (Phi) is 2.78. The summed E-state index contributed by atoms with van der Waals surface area (Å²) in [5.41, 5.74) is 6.93. The first-order chi connectivity index (χ1) is 9.09. The summed E-state index contributed by atoms with van der Waals surface area (Å²) in [5.74, 6) is -0.313. The number of hydrogen-bond acceptors (Lipinski definition) is 4. The van der Waals surface area contributed by atoms with Crippen molar-refractivity contribution in [2.45, 2.75) is 19.4 Å². The molecule has 19 heavy (non-hydrogen) atoms. The van der Waals surface area contributed by atoms with Gasteiger partial charge in [0.1, 0.15) is 0 Å². The highest BCUT2D eigenvalue weighted by Gasteiger charge is 2.39. The molecule has 0 saturated carbocycles. The third-order valence-corrected chi connectivity index (χ3v) is 3.98. The molecule has 2 amide bonds. The number of nitrogens with zero attached hydrogens (tertiary/aromatic N) is 1. The minimum atomic E-state index is -0.280. The van der Waals surface area contributed by atoms with Crippen LogP contribution >= 0.6 is 0 Å². The average molecular weight is 260 g/mol. The molecular formula is C14H16N2O3. The monoisotopic (exact) mass is 260 g/mol. The number of carbonyl (C=O) groups is 2. The van der Waals surface area contributed by atoms with E-state index in [1.807, 2.05) is 6.92 Å². The Labute approximate surface area is 111 Å². The molecule has 2 N–H and O–H groups in total. The third-order valence-electron chi connectivity index (χ3n) is 3.98. The fourth-order valence-electron chi connectivity index (χ4n) is 2.78. The summed E-state index contributed by atoms with van der Waals surface area (Å²) in [5, 5.41) is 0. The molecule has 0 aromatic heterocycles. The van der Waals surface area contributed by atoms with E-state index in [2.05, 4.69) is 0 Å². The Bertz CT molecular complexity index is 556. The molecule has 0 radical (unpaired) electrons. The summed E-state index contributed by atoms with van der Waals surface area (Å²) >= 11 is 0. The smallest absolute Gasteiger partial charge is 0.263 e. The molecule has 1 saturated heterocycles. The van der Waals surface area contributed by atoms with Crippen LogP contribution in [-0.2, 0) is 4.74 Å². The van der Waals surface area contributed by atoms with Crippen LogP contribution < -0.4 is 5.73 Å². The Morgan fingerprint density at radius 1 is 1.37 bits per heavy atom. The van der Waals surface area contributed by atoms with E-state index in [0.717, 1.165) is 6.42 Å². The van der Waals surface area contributed by atoms with E-state index in [4.69, 9.17) is 10.5 Å². The summed E-state index contributed by atoms with van der Waals surface area (Å²) < 4.78 is 5.47. The van der Waals surface area contributed by atoms with E-state index < -0.39 is 0 Å². The maximum atomic E-state index is 12.3. The molecule has 1 fully saturated rings. The number of amides is 2. The average Bonchev–Trinajstić information content (AvgIpc) is 2.88. The lowest BCUT2D eigenvalue weighted by Crippen LogP contribution is -2.36. The fourth-order valence-corrected chi connectivity index (χ4v) is 2.78. The van der Waals surface area contributed by atoms with E-state index in [9.17, 15) is 9.59 Å². The molecule has 2 aliphatic heterocycles. The lowest BCUT2D eigenvalue weighted by atomic mass is 10.0. The number of rotatable bonds is 2. The quantitative estimate of drug-likeness (QED) is 0.642. The second-order valence-corrected chi connectivity index (χ2v) is 5.12. The molecule has 5 heteroatoms. The number of ether oxygens (including phenoxy) is 1. The molecule has 100 valence electrons. The van der Waals surface area contributed by atoms with Crippen molar-refractivity contribution in [1.82, 2.24) is 4.90 Å². The Morgan fingerprint density at radius 2 is 2.16 bits per heavy atom. The molecule has 2 atom stereocenters. The van der Waals surface area contributed by atoms with Gasteiger partial charge >= 0.3 is 0 Å². The summed E-state index contributed by atoms with van der Waals surface area (Å²) in [7, 11) is 0. The highest BCUT2D eigenvalue weighted by molar-refractivity contribution is 6.23. The second-order valence-electron chi connectivity index (χ2n) is 5.12. The second kappa shape index (κ2) is 4.35. The number of nitrogen functional groups attached to an aromatic ring is 1. The van der Waals surface area contributed by atoms with Crippen LogP contribution in [0, 0.1) is 5.92 Å². The highest BCUT2D eigenvalue weighted by atomic mass is 16.5. The molecule has 0 spiro atoms. The summed E-state index contributed by atoms with van der Waals surface area (Å²) in [6.45, 7) is 3.08. The van der Waals surface area contributed by atoms with Crippen molar-refractivity contribution in [3.8, 4) is 0 Å². The van der Waals surface area contributed by atoms with E-state index in [1.54, 1.807) is 18.2 Å². The minimum absolute atomic E-state index is 0.0849. The van der Waals surface area contributed by atoms with Gasteiger partial charge in [-0.3, -0.25) is 14.5 Å². The standard InChI is InChI=1S/C14H16N2O3/c1-8-9(5-6-19-8)7-16-13(17)10-3-2-4-11(15)12(10)14(16)18/h2-4,8-9H,5-7,15H2,1H3. The van der Waals surface area contributed by atoms with Gasteiger partial charge in [-0.15, -0.1) is 0 Å². The first kappa shape index (κ1) is 12.2. The lowest BCUT2D eigenvalue weighted by molar-refractivity contribution is 0.0577. The van der Waals surface area contributed by atoms with Gasteiger partial charge in [-0.2, -0.15) is 0 Å². The molecule has 0 aliphatic carbocycles. The number of imide groups is 1. The molecule has 2 heterocycles. The first-order valence-electron chi connectivity index (χ1n) is 6.46. The van der Waals surface area contributed by atoms with E-state index in [1.165, 1.54) is 4.90 Å². The van der Waals surface area contributed by atoms with E-state index >= 15 is 0 Å². The maximum Gasteiger partial charge on any atom is 0.263 e. The van der Waals surface area contributed by atoms with Crippen LogP contribution in [0.3, 0.4) is 0 Å². The van der Waals surface area contributed by atoms with Gasteiger partial charge in [0.2, 0.25) is 0 Å². The number of hydrogen-bond donors (Lipinski definition) is 1. The van der Waals surface area contributed by atoms with Crippen LogP contribution in [0.4, 0.5) is 5.69 Å². The topological polar surface area (TPSA) is 72.6 Å². The predicted octanol–water partition coefficient (Wildman–Crippen LogP) is 1.29. The summed E-state index contributed by atoms with van der Waals surface area (Å²) in [6.07, 6.45) is 0.964. The zero-order valence-corrected chi connectivity index (χ0v) is 10.8. The number of benzene rings is 1. The Morgan fingerprint density at radius 3 is 2.79 bits per heavy atom. The largest absolute Gasteiger partial charge is 0.398 e. The van der Waals surface area contributed by atoms with Crippen LogP contribution in [0.25, 0.3) is 0 Å². The first-order valence-corrected chi connectivity index (χ1v) is 6.46. The van der Waals surface area contributed by atoms with Crippen LogP contribution in [0.15, 0.2) is 18.2 Å². The van der Waals surface area contributed by atoms with Crippen molar-refractivity contribution in [2.75, 3.05) is 18.9 Å². The van der Waals surface area contributed by atoms with Crippen molar-refractivity contribution in [1.29, 1.82) is 0 Å². The minimum Gasteiger partial charge on any atom is -0.398 e. The van der Waals surface area contributed by atoms with Gasteiger partial charge in [-0.1, -0.05) is 6.07 Å². The molecule has 5 nitrogen and oxygen atoms in total. The molecular weight excluding hydrogens is 244 g/mol. The number of carbonyl (C=O) groups excluding carboxylic acids is 2. The zero-order valence-electron chi connectivity index (χ0n) is 10.8. The Hall–Kier alpha value is -1.88. The van der Waals surface area contributed by atoms with Gasteiger partial charge in [0, 0.05) is 24.8 Å². The van der Waals surface area contributed by atoms with E-state index in [0.29, 0.717) is 30.0 Å². The summed E-state index contributed by atoms with van der Waals surface area (Å²) in [4.78, 5) is 25.9. The van der Waals surface area contributed by atoms with Crippen LogP contribution in [0.5, 0.6) is 0 Å². The lowest BCUT2D eigenvalue weighted by Gasteiger charge is -2.20. The van der Waals surface area contributed by atoms with Crippen molar-refractivity contribution < 1.29 is 14.3 Å². The van der Waals surface area contributed by atoms with Gasteiger partial charge in [0.25, 0.3) is 11.8 Å². The highest BCUT2D eigenvalue weighted by Crippen LogP contribution is 2.30. The van der Waals surface area contributed by atoms with Crippen molar-refractivity contribution in [2.24, 2.45) is 5.92 Å². The van der Waals surface area contributed by atoms with Gasteiger partial charge in [-0.25, -0.2) is 0 Å². The van der Waals surface area contributed by atoms with Crippen molar-refractivity contribution >= 4 is 17.5 Å². The number of fused-ring (bicyclic) bond motifs is 1. The van der Waals surface area contributed by atoms with Gasteiger partial charge in [-0.05, 0) is 25.5 Å². The van der Waals surface area contributed by atoms with Crippen LogP contribution in [-0.4, -0.2) is 36.0 Å². The molecule has 1 aromatic carbocycles. The number of anilines is 1. The molecule has 0 bridgehead atoms. The fraction of sp³-hybridized carbons (Fsp3) is 0.429. The zero-order chi connectivity index (χ0) is 13.6. The molecule has 2 unspecified atom stereocenters. The predicted molar refractivity (Wildman–Crippen MR) is 69.7 cm³/mol. The van der Waals surface area contributed by atoms with Crippen molar-refractivity contribution in [3.63, 3.8) is 0 Å². The molecule has 2 aliphatic rings. The normalized spacial score (nSPS) is 26.1. The molecule has 3 rings (SSSR count). The number of nitrogens with two attached hydrogens (primary N) is 1. The Balaban J connectivity index is 1.88. The van der Waals surface area contributed by atoms with E-state index in [-0.39, 0.29) is 23.8 Å². The van der Waals surface area contributed by atoms with Gasteiger partial charge in [0.15, 0.2) is 0 Å². The maximum absolute atomic E-state index is 12.3. The van der Waals surface area contributed by atoms with Gasteiger partial charge < -0.3 is 10.5 Å². The molecule has 1 aromatic rings. The SMILES string of the molecule is CC1OCCC1CN1C(=O)c2cccc(N)c2C1=O. The third kappa shape index (κ3) is 1.81. The van der Waals surface area contributed by atoms with Crippen molar-refractivity contribution in [3.05, 3.63) is 29.3 Å². The van der Waals surface area contributed by atoms with Crippen LogP contribution in [0.1, 0.15) is 34.1 Å². The van der Waals surface area contributed by atoms with Crippen LogP contribution in [0.2, 0.25) is 0 Å².